The van der Waals surface area contributed by atoms with Crippen LogP contribution >= 0.6 is 12.8 Å². The van der Waals surface area contributed by atoms with Crippen LogP contribution in [0.2, 0.25) is 0 Å². The average Bonchev–Trinajstić information content (AvgIpc) is 2.43. The molecule has 1 amide bonds. The van der Waals surface area contributed by atoms with Crippen molar-refractivity contribution in [3.63, 3.8) is 0 Å². The molecule has 108 valence electrons. The molecule has 1 aliphatic carbocycles. The molecule has 0 aliphatic heterocycles. The van der Waals surface area contributed by atoms with Crippen molar-refractivity contribution < 1.29 is 14.3 Å². The number of carbonyl (C=O) groups is 2. The Morgan fingerprint density at radius 1 is 1.35 bits per heavy atom. The summed E-state index contributed by atoms with van der Waals surface area (Å²) in [5, 5.41) is 0. The Kier molecular flexibility index (Phi) is 4.70. The third-order valence-corrected chi connectivity index (χ3v) is 4.16. The van der Waals surface area contributed by atoms with Crippen molar-refractivity contribution in [1.82, 2.24) is 4.72 Å². The molecule has 0 unspecified atom stereocenters. The minimum absolute atomic E-state index is 0.275. The van der Waals surface area contributed by atoms with Gasteiger partial charge >= 0.3 is 5.97 Å². The molecule has 0 saturated heterocycles. The van der Waals surface area contributed by atoms with Gasteiger partial charge in [0.15, 0.2) is 0 Å². The molecule has 5 heteroatoms. The van der Waals surface area contributed by atoms with Gasteiger partial charge in [-0.25, -0.2) is 4.79 Å². The van der Waals surface area contributed by atoms with Crippen molar-refractivity contribution in [3.05, 3.63) is 34.4 Å². The number of nitrogens with one attached hydrogen (secondary N) is 1. The zero-order valence-corrected chi connectivity index (χ0v) is 12.6. The van der Waals surface area contributed by atoms with E-state index in [4.69, 9.17) is 4.74 Å². The highest BCUT2D eigenvalue weighted by Crippen LogP contribution is 2.39. The Morgan fingerprint density at radius 3 is 2.50 bits per heavy atom. The molecule has 1 aromatic carbocycles. The number of esters is 1. The Labute approximate surface area is 124 Å². The first-order valence-corrected chi connectivity index (χ1v) is 7.26. The van der Waals surface area contributed by atoms with E-state index in [-0.39, 0.29) is 5.91 Å². The van der Waals surface area contributed by atoms with Crippen molar-refractivity contribution in [2.75, 3.05) is 7.11 Å². The Hall–Kier alpha value is -1.49. The van der Waals surface area contributed by atoms with Crippen LogP contribution < -0.4 is 4.72 Å². The van der Waals surface area contributed by atoms with Crippen LogP contribution in [0.3, 0.4) is 0 Å². The maximum atomic E-state index is 12.0. The van der Waals surface area contributed by atoms with Crippen LogP contribution in [-0.2, 0) is 11.2 Å². The normalized spacial score (nSPS) is 14.6. The molecule has 0 aromatic heterocycles. The molecule has 1 fully saturated rings. The molecule has 0 heterocycles. The monoisotopic (exact) mass is 293 g/mol. The number of benzene rings is 1. The van der Waals surface area contributed by atoms with Gasteiger partial charge in [-0.05, 0) is 42.4 Å². The molecule has 1 N–H and O–H groups in total. The van der Waals surface area contributed by atoms with E-state index in [2.05, 4.69) is 17.5 Å². The lowest BCUT2D eigenvalue weighted by molar-refractivity contribution is 0.0599. The van der Waals surface area contributed by atoms with Gasteiger partial charge in [0, 0.05) is 5.56 Å². The number of carbonyl (C=O) groups excluding carboxylic acids is 2. The Morgan fingerprint density at radius 2 is 2.05 bits per heavy atom. The van der Waals surface area contributed by atoms with Gasteiger partial charge in [0.2, 0.25) is 0 Å². The molecular formula is C15H19NO3S. The van der Waals surface area contributed by atoms with E-state index in [1.165, 1.54) is 13.5 Å². The fourth-order valence-corrected chi connectivity index (χ4v) is 2.69. The number of ether oxygens (including phenoxy) is 1. The van der Waals surface area contributed by atoms with Crippen LogP contribution in [0.15, 0.2) is 12.1 Å². The minimum Gasteiger partial charge on any atom is -0.465 e. The second-order valence-electron chi connectivity index (χ2n) is 5.01. The number of rotatable bonds is 4. The van der Waals surface area contributed by atoms with Crippen molar-refractivity contribution >= 4 is 24.7 Å². The zero-order chi connectivity index (χ0) is 14.7. The number of aryl methyl sites for hydroxylation is 1. The average molecular weight is 293 g/mol. The predicted octanol–water partition coefficient (Wildman–Crippen LogP) is 2.88. The van der Waals surface area contributed by atoms with E-state index in [9.17, 15) is 9.59 Å². The van der Waals surface area contributed by atoms with Crippen molar-refractivity contribution in [1.29, 1.82) is 0 Å². The van der Waals surface area contributed by atoms with Crippen molar-refractivity contribution in [3.8, 4) is 0 Å². The summed E-state index contributed by atoms with van der Waals surface area (Å²) in [6, 6.07) is 3.62. The highest BCUT2D eigenvalue weighted by atomic mass is 32.1. The number of methoxy groups -OCH3 is 1. The van der Waals surface area contributed by atoms with Gasteiger partial charge in [-0.2, -0.15) is 0 Å². The number of hydrogen-bond acceptors (Lipinski definition) is 4. The van der Waals surface area contributed by atoms with Gasteiger partial charge in [0.05, 0.1) is 12.7 Å². The van der Waals surface area contributed by atoms with Crippen LogP contribution in [0.5, 0.6) is 0 Å². The number of thiol groups is 1. The fourth-order valence-electron chi connectivity index (χ4n) is 2.57. The van der Waals surface area contributed by atoms with E-state index < -0.39 is 5.97 Å². The summed E-state index contributed by atoms with van der Waals surface area (Å²) in [5.41, 5.74) is 2.94. The van der Waals surface area contributed by atoms with Gasteiger partial charge in [-0.15, -0.1) is 0 Å². The molecule has 0 radical (unpaired) electrons. The first-order valence-electron chi connectivity index (χ1n) is 6.81. The third kappa shape index (κ3) is 2.68. The summed E-state index contributed by atoms with van der Waals surface area (Å²) in [5.74, 6) is -0.272. The molecule has 2 rings (SSSR count). The summed E-state index contributed by atoms with van der Waals surface area (Å²) in [6.45, 7) is 1.99. The summed E-state index contributed by atoms with van der Waals surface area (Å²) in [4.78, 5) is 23.8. The lowest BCUT2D eigenvalue weighted by Gasteiger charge is -2.28. The molecule has 20 heavy (non-hydrogen) atoms. The van der Waals surface area contributed by atoms with Crippen LogP contribution in [0.1, 0.15) is 63.9 Å². The highest BCUT2D eigenvalue weighted by Gasteiger charge is 2.27. The highest BCUT2D eigenvalue weighted by molar-refractivity contribution is 7.78. The largest absolute Gasteiger partial charge is 0.465 e. The third-order valence-electron chi connectivity index (χ3n) is 3.95. The van der Waals surface area contributed by atoms with E-state index in [0.717, 1.165) is 30.4 Å². The molecule has 0 spiro atoms. The smallest absolute Gasteiger partial charge is 0.338 e. The maximum Gasteiger partial charge on any atom is 0.338 e. The summed E-state index contributed by atoms with van der Waals surface area (Å²) < 4.78 is 7.15. The second-order valence-corrected chi connectivity index (χ2v) is 5.23. The molecule has 1 aromatic rings. The standard InChI is InChI=1S/C15H19NO3S/c1-3-9-7-11(10-5-4-6-10)13(14(17)16-20)8-12(9)15(18)19-2/h7-8,10,20H,3-6H2,1-2H3,(H,16,17). The summed E-state index contributed by atoms with van der Waals surface area (Å²) in [7, 11) is 1.35. The fraction of sp³-hybridized carbons (Fsp3) is 0.467. The molecule has 4 nitrogen and oxygen atoms in total. The Balaban J connectivity index is 2.55. The van der Waals surface area contributed by atoms with Crippen molar-refractivity contribution in [2.45, 2.75) is 38.5 Å². The van der Waals surface area contributed by atoms with E-state index >= 15 is 0 Å². The second kappa shape index (κ2) is 6.31. The maximum absolute atomic E-state index is 12.0. The van der Waals surface area contributed by atoms with Gasteiger partial charge in [-0.3, -0.25) is 9.52 Å². The first kappa shape index (κ1) is 14.9. The van der Waals surface area contributed by atoms with E-state index in [1.807, 2.05) is 13.0 Å². The lowest BCUT2D eigenvalue weighted by atomic mass is 9.77. The Bertz CT molecular complexity index is 538. The zero-order valence-electron chi connectivity index (χ0n) is 11.7. The quantitative estimate of drug-likeness (QED) is 0.663. The van der Waals surface area contributed by atoms with Gasteiger partial charge in [-0.1, -0.05) is 32.2 Å². The number of amides is 1. The minimum atomic E-state index is -0.407. The van der Waals surface area contributed by atoms with Crippen LogP contribution in [0, 0.1) is 0 Å². The van der Waals surface area contributed by atoms with Gasteiger partial charge in [0.25, 0.3) is 5.91 Å². The van der Waals surface area contributed by atoms with Gasteiger partial charge in [0.1, 0.15) is 0 Å². The summed E-state index contributed by atoms with van der Waals surface area (Å²) in [6.07, 6.45) is 4.10. The topological polar surface area (TPSA) is 55.4 Å². The van der Waals surface area contributed by atoms with Crippen LogP contribution in [0.25, 0.3) is 0 Å². The molecule has 0 bridgehead atoms. The van der Waals surface area contributed by atoms with E-state index in [1.54, 1.807) is 6.07 Å². The van der Waals surface area contributed by atoms with Crippen LogP contribution in [-0.4, -0.2) is 19.0 Å². The molecule has 1 saturated carbocycles. The predicted molar refractivity (Wildman–Crippen MR) is 80.2 cm³/mol. The molecule has 1 aliphatic rings. The molecular weight excluding hydrogens is 274 g/mol. The lowest BCUT2D eigenvalue weighted by Crippen LogP contribution is -2.21. The number of hydrogen-bond donors (Lipinski definition) is 2. The molecule has 0 atom stereocenters. The SMILES string of the molecule is CCc1cc(C2CCC2)c(C(=O)NS)cc1C(=O)OC. The van der Waals surface area contributed by atoms with Gasteiger partial charge < -0.3 is 4.74 Å². The van der Waals surface area contributed by atoms with Crippen LogP contribution in [0.4, 0.5) is 0 Å². The van der Waals surface area contributed by atoms with Crippen molar-refractivity contribution in [2.24, 2.45) is 0 Å². The van der Waals surface area contributed by atoms with E-state index in [0.29, 0.717) is 17.0 Å². The first-order chi connectivity index (χ1) is 9.62. The summed E-state index contributed by atoms with van der Waals surface area (Å²) >= 11 is 3.83.